The number of aryl methyl sites for hydroxylation is 1. The van der Waals surface area contributed by atoms with Gasteiger partial charge in [-0.15, -0.1) is 0 Å². The lowest BCUT2D eigenvalue weighted by Gasteiger charge is -2.24. The van der Waals surface area contributed by atoms with Crippen molar-refractivity contribution < 1.29 is 13.9 Å². The van der Waals surface area contributed by atoms with Gasteiger partial charge < -0.3 is 14.1 Å². The maximum Gasteiger partial charge on any atom is 0.290 e. The van der Waals surface area contributed by atoms with Crippen molar-refractivity contribution in [2.24, 2.45) is 0 Å². The van der Waals surface area contributed by atoms with Crippen LogP contribution >= 0.6 is 0 Å². The molecule has 0 spiro atoms. The van der Waals surface area contributed by atoms with Gasteiger partial charge in [0.15, 0.2) is 5.76 Å². The van der Waals surface area contributed by atoms with E-state index in [4.69, 9.17) is 9.15 Å². The van der Waals surface area contributed by atoms with Gasteiger partial charge in [-0.1, -0.05) is 30.3 Å². The van der Waals surface area contributed by atoms with E-state index in [0.717, 1.165) is 47.2 Å². The van der Waals surface area contributed by atoms with Crippen molar-refractivity contribution >= 4 is 16.9 Å². The van der Waals surface area contributed by atoms with Gasteiger partial charge in [0.1, 0.15) is 11.3 Å². The Balaban J connectivity index is 1.63. The predicted molar refractivity (Wildman–Crippen MR) is 102 cm³/mol. The van der Waals surface area contributed by atoms with E-state index < -0.39 is 0 Å². The molecule has 0 aliphatic carbocycles. The number of carbonyl (C=O) groups is 1. The monoisotopic (exact) mass is 349 g/mol. The summed E-state index contributed by atoms with van der Waals surface area (Å²) < 4.78 is 11.4. The lowest BCUT2D eigenvalue weighted by molar-refractivity contribution is 0.0704. The number of ether oxygens (including phenoxy) is 1. The molecule has 1 aromatic heterocycles. The molecule has 0 saturated carbocycles. The summed E-state index contributed by atoms with van der Waals surface area (Å²) in [6.07, 6.45) is 1.97. The quantitative estimate of drug-likeness (QED) is 0.657. The van der Waals surface area contributed by atoms with Crippen LogP contribution in [0.25, 0.3) is 11.0 Å². The molecule has 0 radical (unpaired) electrons. The van der Waals surface area contributed by atoms with Crippen LogP contribution < -0.4 is 4.74 Å². The van der Waals surface area contributed by atoms with Crippen molar-refractivity contribution in [1.82, 2.24) is 4.90 Å². The average Bonchev–Trinajstić information content (AvgIpc) is 3.28. The van der Waals surface area contributed by atoms with Gasteiger partial charge in [-0.3, -0.25) is 4.79 Å². The Labute approximate surface area is 153 Å². The molecular formula is C22H23NO3. The first-order valence-electron chi connectivity index (χ1n) is 9.21. The molecule has 1 aliphatic rings. The Hall–Kier alpha value is -2.75. The van der Waals surface area contributed by atoms with Gasteiger partial charge in [0.25, 0.3) is 5.91 Å². The topological polar surface area (TPSA) is 42.7 Å². The molecule has 3 aromatic rings. The second-order valence-electron chi connectivity index (χ2n) is 6.71. The number of nitrogens with zero attached hydrogens (tertiary/aromatic N) is 1. The third-order valence-electron chi connectivity index (χ3n) is 5.13. The largest absolute Gasteiger partial charge is 0.494 e. The first-order chi connectivity index (χ1) is 12.7. The van der Waals surface area contributed by atoms with Crippen LogP contribution in [0.2, 0.25) is 0 Å². The Morgan fingerprint density at radius 1 is 1.19 bits per heavy atom. The Bertz CT molecular complexity index is 926. The molecule has 1 atom stereocenters. The molecule has 26 heavy (non-hydrogen) atoms. The van der Waals surface area contributed by atoms with Crippen molar-refractivity contribution in [2.75, 3.05) is 13.2 Å². The van der Waals surface area contributed by atoms with E-state index >= 15 is 0 Å². The third kappa shape index (κ3) is 2.85. The van der Waals surface area contributed by atoms with Crippen molar-refractivity contribution in [1.29, 1.82) is 0 Å². The van der Waals surface area contributed by atoms with Gasteiger partial charge >= 0.3 is 0 Å². The molecule has 0 bridgehead atoms. The fourth-order valence-corrected chi connectivity index (χ4v) is 3.82. The molecule has 4 nitrogen and oxygen atoms in total. The molecule has 1 unspecified atom stereocenters. The predicted octanol–water partition coefficient (Wildman–Crippen LogP) is 5.12. The number of rotatable bonds is 4. The zero-order valence-corrected chi connectivity index (χ0v) is 15.2. The van der Waals surface area contributed by atoms with Gasteiger partial charge in [0.2, 0.25) is 0 Å². The van der Waals surface area contributed by atoms with Crippen LogP contribution in [-0.2, 0) is 0 Å². The number of furan rings is 1. The van der Waals surface area contributed by atoms with Crippen molar-refractivity contribution in [3.05, 3.63) is 65.4 Å². The normalized spacial score (nSPS) is 17.0. The van der Waals surface area contributed by atoms with Crippen molar-refractivity contribution in [2.45, 2.75) is 32.7 Å². The number of hydrogen-bond acceptors (Lipinski definition) is 3. The lowest BCUT2D eigenvalue weighted by Crippen LogP contribution is -2.30. The van der Waals surface area contributed by atoms with Crippen LogP contribution in [0.1, 0.15) is 47.5 Å². The van der Waals surface area contributed by atoms with Crippen LogP contribution in [0, 0.1) is 6.92 Å². The first-order valence-corrected chi connectivity index (χ1v) is 9.21. The van der Waals surface area contributed by atoms with Crippen LogP contribution in [0.4, 0.5) is 0 Å². The molecule has 1 amide bonds. The Morgan fingerprint density at radius 3 is 2.69 bits per heavy atom. The van der Waals surface area contributed by atoms with E-state index in [2.05, 4.69) is 12.1 Å². The first kappa shape index (κ1) is 16.7. The van der Waals surface area contributed by atoms with E-state index in [-0.39, 0.29) is 11.9 Å². The maximum atomic E-state index is 13.2. The number of benzene rings is 2. The number of carbonyl (C=O) groups excluding carboxylic acids is 1. The molecule has 2 aromatic carbocycles. The summed E-state index contributed by atoms with van der Waals surface area (Å²) in [7, 11) is 0. The zero-order chi connectivity index (χ0) is 18.1. The molecule has 2 heterocycles. The Morgan fingerprint density at radius 2 is 1.96 bits per heavy atom. The number of para-hydroxylation sites is 1. The zero-order valence-electron chi connectivity index (χ0n) is 15.2. The van der Waals surface area contributed by atoms with Gasteiger partial charge in [0, 0.05) is 17.5 Å². The third-order valence-corrected chi connectivity index (χ3v) is 5.13. The number of amides is 1. The minimum atomic E-state index is -0.0184. The minimum absolute atomic E-state index is 0.0184. The highest BCUT2D eigenvalue weighted by atomic mass is 16.5. The van der Waals surface area contributed by atoms with Crippen LogP contribution in [-0.4, -0.2) is 24.0 Å². The van der Waals surface area contributed by atoms with Crippen molar-refractivity contribution in [3.63, 3.8) is 0 Å². The molecule has 1 fully saturated rings. The summed E-state index contributed by atoms with van der Waals surface area (Å²) in [5.41, 5.74) is 2.83. The van der Waals surface area contributed by atoms with Gasteiger partial charge in [-0.25, -0.2) is 0 Å². The van der Waals surface area contributed by atoms with E-state index in [0.29, 0.717) is 12.4 Å². The summed E-state index contributed by atoms with van der Waals surface area (Å²) in [6, 6.07) is 16.0. The van der Waals surface area contributed by atoms with Crippen LogP contribution in [0.15, 0.2) is 52.9 Å². The van der Waals surface area contributed by atoms with Gasteiger partial charge in [-0.2, -0.15) is 0 Å². The SMILES string of the molecule is CCOc1ccc(C2CCCN2C(=O)c2oc3ccccc3c2C)cc1. The fourth-order valence-electron chi connectivity index (χ4n) is 3.82. The highest BCUT2D eigenvalue weighted by molar-refractivity contribution is 5.99. The average molecular weight is 349 g/mol. The Kier molecular flexibility index (Phi) is 4.41. The molecule has 1 aliphatic heterocycles. The van der Waals surface area contributed by atoms with E-state index in [1.54, 1.807) is 0 Å². The molecule has 4 heteroatoms. The second-order valence-corrected chi connectivity index (χ2v) is 6.71. The maximum absolute atomic E-state index is 13.2. The molecule has 134 valence electrons. The van der Waals surface area contributed by atoms with Crippen molar-refractivity contribution in [3.8, 4) is 5.75 Å². The summed E-state index contributed by atoms with van der Waals surface area (Å²) in [4.78, 5) is 15.1. The minimum Gasteiger partial charge on any atom is -0.494 e. The van der Waals surface area contributed by atoms with Crippen LogP contribution in [0.3, 0.4) is 0 Å². The number of hydrogen-bond donors (Lipinski definition) is 0. The smallest absolute Gasteiger partial charge is 0.290 e. The lowest BCUT2D eigenvalue weighted by atomic mass is 10.0. The summed E-state index contributed by atoms with van der Waals surface area (Å²) >= 11 is 0. The molecular weight excluding hydrogens is 326 g/mol. The second kappa shape index (κ2) is 6.87. The summed E-state index contributed by atoms with van der Waals surface area (Å²) in [5.74, 6) is 1.30. The number of fused-ring (bicyclic) bond motifs is 1. The highest BCUT2D eigenvalue weighted by Crippen LogP contribution is 2.35. The number of likely N-dealkylation sites (tertiary alicyclic amines) is 1. The highest BCUT2D eigenvalue weighted by Gasteiger charge is 2.33. The molecule has 1 saturated heterocycles. The van der Waals surface area contributed by atoms with Gasteiger partial charge in [-0.05, 0) is 50.5 Å². The van der Waals surface area contributed by atoms with Crippen LogP contribution in [0.5, 0.6) is 5.75 Å². The molecule has 4 rings (SSSR count). The van der Waals surface area contributed by atoms with E-state index in [9.17, 15) is 4.79 Å². The molecule has 0 N–H and O–H groups in total. The fraction of sp³-hybridized carbons (Fsp3) is 0.318. The standard InChI is InChI=1S/C22H23NO3/c1-3-25-17-12-10-16(11-13-17)19-8-6-14-23(19)22(24)21-15(2)18-7-4-5-9-20(18)26-21/h4-5,7,9-13,19H,3,6,8,14H2,1-2H3. The van der Waals surface area contributed by atoms with E-state index in [1.807, 2.05) is 55.1 Å². The summed E-state index contributed by atoms with van der Waals surface area (Å²) in [5, 5.41) is 1.01. The van der Waals surface area contributed by atoms with Gasteiger partial charge in [0.05, 0.1) is 12.6 Å². The van der Waals surface area contributed by atoms with E-state index in [1.165, 1.54) is 0 Å². The summed E-state index contributed by atoms with van der Waals surface area (Å²) in [6.45, 7) is 5.34.